The SMILES string of the molecule is O=[Se]=C1N=c2ccc(-c3ccccc3)cc2=N1. The first kappa shape index (κ1) is 10.4. The van der Waals surface area contributed by atoms with Crippen molar-refractivity contribution >= 4 is 19.1 Å². The summed E-state index contributed by atoms with van der Waals surface area (Å²) in [4.78, 5) is 8.39. The molecule has 1 heterocycles. The second-order valence-electron chi connectivity index (χ2n) is 3.66. The molecule has 1 aliphatic heterocycles. The molecule has 4 heteroatoms. The zero-order valence-corrected chi connectivity index (χ0v) is 10.5. The summed E-state index contributed by atoms with van der Waals surface area (Å²) in [6.07, 6.45) is 0. The predicted octanol–water partition coefficient (Wildman–Crippen LogP) is 0.743. The molecule has 0 spiro atoms. The van der Waals surface area contributed by atoms with Crippen LogP contribution in [0, 0.1) is 0 Å². The molecule has 82 valence electrons. The first-order valence-corrected chi connectivity index (χ1v) is 6.72. The number of nitrogens with zero attached hydrogens (tertiary/aromatic N) is 2. The molecule has 0 fully saturated rings. The van der Waals surface area contributed by atoms with E-state index in [0.717, 1.165) is 21.8 Å². The monoisotopic (exact) mass is 288 g/mol. The quantitative estimate of drug-likeness (QED) is 0.713. The first-order chi connectivity index (χ1) is 8.36. The molecule has 2 aromatic carbocycles. The minimum atomic E-state index is -0.883. The molecule has 17 heavy (non-hydrogen) atoms. The molecule has 0 aliphatic carbocycles. The molecule has 0 amide bonds. The Balaban J connectivity index is 2.21. The Kier molecular flexibility index (Phi) is 2.59. The van der Waals surface area contributed by atoms with E-state index in [1.165, 1.54) is 0 Å². The summed E-state index contributed by atoms with van der Waals surface area (Å²) in [6, 6.07) is 16.0. The van der Waals surface area contributed by atoms with Gasteiger partial charge in [0.2, 0.25) is 0 Å². The van der Waals surface area contributed by atoms with Gasteiger partial charge in [0, 0.05) is 0 Å². The van der Waals surface area contributed by atoms with Crippen molar-refractivity contribution in [1.29, 1.82) is 0 Å². The third-order valence-corrected chi connectivity index (χ3v) is 3.29. The molecule has 0 bridgehead atoms. The molecule has 0 N–H and O–H groups in total. The Morgan fingerprint density at radius 2 is 1.59 bits per heavy atom. The van der Waals surface area contributed by atoms with Gasteiger partial charge >= 0.3 is 103 Å². The third-order valence-electron chi connectivity index (χ3n) is 2.59. The minimum absolute atomic E-state index is 0.428. The molecular formula is C13H8N2OSe. The maximum absolute atomic E-state index is 10.8. The fourth-order valence-corrected chi connectivity index (χ4v) is 2.36. The zero-order valence-electron chi connectivity index (χ0n) is 8.83. The number of benzene rings is 2. The van der Waals surface area contributed by atoms with Gasteiger partial charge in [-0.15, -0.1) is 0 Å². The van der Waals surface area contributed by atoms with Crippen LogP contribution in [0.15, 0.2) is 58.5 Å². The first-order valence-electron chi connectivity index (χ1n) is 5.16. The summed E-state index contributed by atoms with van der Waals surface area (Å²) in [7, 11) is 0. The van der Waals surface area contributed by atoms with E-state index in [2.05, 4.69) is 22.1 Å². The van der Waals surface area contributed by atoms with Gasteiger partial charge < -0.3 is 0 Å². The molecule has 0 aromatic heterocycles. The van der Waals surface area contributed by atoms with Crippen LogP contribution in [0.4, 0.5) is 0 Å². The molecule has 3 nitrogen and oxygen atoms in total. The maximum atomic E-state index is 10.8. The van der Waals surface area contributed by atoms with Crippen molar-refractivity contribution in [3.8, 4) is 11.1 Å². The van der Waals surface area contributed by atoms with Gasteiger partial charge in [-0.2, -0.15) is 0 Å². The fraction of sp³-hybridized carbons (Fsp3) is 0. The normalized spacial score (nSPS) is 12.6. The van der Waals surface area contributed by atoms with E-state index in [1.54, 1.807) is 0 Å². The van der Waals surface area contributed by atoms with E-state index < -0.39 is 14.5 Å². The van der Waals surface area contributed by atoms with E-state index in [1.807, 2.05) is 36.4 Å². The average molecular weight is 287 g/mol. The van der Waals surface area contributed by atoms with Crippen LogP contribution in [0.2, 0.25) is 0 Å². The Bertz CT molecular complexity index is 747. The summed E-state index contributed by atoms with van der Waals surface area (Å²) in [6.45, 7) is 0. The second kappa shape index (κ2) is 4.24. The van der Waals surface area contributed by atoms with Crippen molar-refractivity contribution in [1.82, 2.24) is 0 Å². The van der Waals surface area contributed by atoms with E-state index in [-0.39, 0.29) is 0 Å². The summed E-state index contributed by atoms with van der Waals surface area (Å²) < 4.78 is 11.2. The van der Waals surface area contributed by atoms with Crippen molar-refractivity contribution in [2.24, 2.45) is 9.98 Å². The van der Waals surface area contributed by atoms with Crippen LogP contribution in [0.3, 0.4) is 0 Å². The van der Waals surface area contributed by atoms with Gasteiger partial charge in [0.1, 0.15) is 0 Å². The average Bonchev–Trinajstić information content (AvgIpc) is 2.81. The number of hydrogen-bond donors (Lipinski definition) is 0. The Morgan fingerprint density at radius 3 is 2.35 bits per heavy atom. The van der Waals surface area contributed by atoms with Crippen molar-refractivity contribution in [2.75, 3.05) is 0 Å². The molecule has 3 rings (SSSR count). The van der Waals surface area contributed by atoms with Crippen molar-refractivity contribution < 1.29 is 3.83 Å². The molecule has 0 saturated heterocycles. The summed E-state index contributed by atoms with van der Waals surface area (Å²) in [5, 5.41) is 1.61. The van der Waals surface area contributed by atoms with Crippen LogP contribution in [-0.2, 0) is 3.83 Å². The standard InChI is InChI=1S/C13H8N2OSe/c16-17-13-14-11-7-6-10(8-12(11)15-13)9-4-2-1-3-5-9/h1-8H. The van der Waals surface area contributed by atoms with Gasteiger partial charge in [-0.1, -0.05) is 0 Å². The Morgan fingerprint density at radius 1 is 0.824 bits per heavy atom. The summed E-state index contributed by atoms with van der Waals surface area (Å²) in [5.41, 5.74) is 2.24. The molecule has 0 unspecified atom stereocenters. The second-order valence-corrected chi connectivity index (χ2v) is 4.77. The Hall–Kier alpha value is -1.77. The summed E-state index contributed by atoms with van der Waals surface area (Å²) >= 11 is -0.883. The van der Waals surface area contributed by atoms with E-state index in [9.17, 15) is 3.83 Å². The van der Waals surface area contributed by atoms with Crippen molar-refractivity contribution in [3.05, 3.63) is 59.2 Å². The number of rotatable bonds is 1. The zero-order chi connectivity index (χ0) is 11.7. The van der Waals surface area contributed by atoms with Gasteiger partial charge in [-0.05, 0) is 0 Å². The molecular weight excluding hydrogens is 279 g/mol. The molecule has 2 aromatic rings. The Labute approximate surface area is 103 Å². The van der Waals surface area contributed by atoms with E-state index in [4.69, 9.17) is 0 Å². The van der Waals surface area contributed by atoms with Crippen molar-refractivity contribution in [3.63, 3.8) is 0 Å². The van der Waals surface area contributed by atoms with Crippen LogP contribution in [0.1, 0.15) is 0 Å². The molecule has 1 aliphatic rings. The molecule has 0 saturated carbocycles. The van der Waals surface area contributed by atoms with Crippen LogP contribution in [-0.4, -0.2) is 19.1 Å². The van der Waals surface area contributed by atoms with E-state index in [0.29, 0.717) is 4.67 Å². The number of hydrogen-bond acceptors (Lipinski definition) is 3. The molecule has 0 atom stereocenters. The van der Waals surface area contributed by atoms with Gasteiger partial charge in [-0.3, -0.25) is 0 Å². The fourth-order valence-electron chi connectivity index (χ4n) is 1.79. The summed E-state index contributed by atoms with van der Waals surface area (Å²) in [5.74, 6) is 0. The van der Waals surface area contributed by atoms with E-state index >= 15 is 0 Å². The van der Waals surface area contributed by atoms with Crippen LogP contribution >= 0.6 is 0 Å². The van der Waals surface area contributed by atoms with Crippen LogP contribution in [0.5, 0.6) is 0 Å². The van der Waals surface area contributed by atoms with Crippen LogP contribution < -0.4 is 10.7 Å². The van der Waals surface area contributed by atoms with Gasteiger partial charge in [0.25, 0.3) is 0 Å². The van der Waals surface area contributed by atoms with Gasteiger partial charge in [-0.25, -0.2) is 0 Å². The predicted molar refractivity (Wildman–Crippen MR) is 65.6 cm³/mol. The van der Waals surface area contributed by atoms with Gasteiger partial charge in [0.05, 0.1) is 0 Å². The van der Waals surface area contributed by atoms with Crippen molar-refractivity contribution in [2.45, 2.75) is 0 Å². The van der Waals surface area contributed by atoms with Gasteiger partial charge in [0.15, 0.2) is 0 Å². The molecule has 0 radical (unpaired) electrons. The van der Waals surface area contributed by atoms with Crippen LogP contribution in [0.25, 0.3) is 11.1 Å². The topological polar surface area (TPSA) is 41.8 Å². The number of fused-ring (bicyclic) bond motifs is 1. The third kappa shape index (κ3) is 1.93.